The van der Waals surface area contributed by atoms with Crippen LogP contribution in [-0.2, 0) is 25.7 Å². The number of phenolic OH excluding ortho intramolecular Hbond substituents is 1. The van der Waals surface area contributed by atoms with Gasteiger partial charge in [0.15, 0.2) is 6.10 Å². The number of esters is 2. The maximum Gasteiger partial charge on any atom is 0.331 e. The summed E-state index contributed by atoms with van der Waals surface area (Å²) in [6.07, 6.45) is 4.33. The molecule has 31 heavy (non-hydrogen) atoms. The predicted molar refractivity (Wildman–Crippen MR) is 113 cm³/mol. The predicted octanol–water partition coefficient (Wildman–Crippen LogP) is 2.07. The van der Waals surface area contributed by atoms with E-state index in [1.807, 2.05) is 0 Å². The maximum atomic E-state index is 11.9. The molecular formula is C23H24O8. The molecule has 0 aliphatic carbocycles. The average molecular weight is 428 g/mol. The molecule has 1 atom stereocenters. The highest BCUT2D eigenvalue weighted by Crippen LogP contribution is 2.21. The van der Waals surface area contributed by atoms with Crippen LogP contribution < -0.4 is 4.74 Å². The lowest BCUT2D eigenvalue weighted by molar-refractivity contribution is -0.154. The maximum absolute atomic E-state index is 11.9. The minimum absolute atomic E-state index is 0.109. The molecule has 3 N–H and O–H groups in total. The Morgan fingerprint density at radius 3 is 2.26 bits per heavy atom. The van der Waals surface area contributed by atoms with Gasteiger partial charge in [-0.15, -0.1) is 0 Å². The molecule has 0 aromatic heterocycles. The molecule has 8 heteroatoms. The van der Waals surface area contributed by atoms with E-state index in [4.69, 9.17) is 14.2 Å². The second-order valence-corrected chi connectivity index (χ2v) is 6.36. The molecule has 0 aliphatic heterocycles. The van der Waals surface area contributed by atoms with Crippen molar-refractivity contribution in [2.45, 2.75) is 12.7 Å². The fraction of sp³-hybridized carbons (Fsp3) is 0.217. The SMILES string of the molecule is COc1cc(C=CC(=O)OCC(CO)OC(=O)C=Cc2ccc(O)cc2)ccc1CO. The van der Waals surface area contributed by atoms with Crippen molar-refractivity contribution in [1.29, 1.82) is 0 Å². The first-order valence-corrected chi connectivity index (χ1v) is 9.36. The first-order chi connectivity index (χ1) is 14.9. The highest BCUT2D eigenvalue weighted by Gasteiger charge is 2.14. The fourth-order valence-corrected chi connectivity index (χ4v) is 2.46. The normalized spacial score (nSPS) is 12.1. The summed E-state index contributed by atoms with van der Waals surface area (Å²) < 4.78 is 15.2. The lowest BCUT2D eigenvalue weighted by Crippen LogP contribution is -2.27. The molecule has 0 saturated carbocycles. The molecule has 2 rings (SSSR count). The van der Waals surface area contributed by atoms with E-state index in [1.165, 1.54) is 43.5 Å². The molecule has 0 aliphatic rings. The van der Waals surface area contributed by atoms with Crippen LogP contribution >= 0.6 is 0 Å². The summed E-state index contributed by atoms with van der Waals surface area (Å²) in [7, 11) is 1.48. The van der Waals surface area contributed by atoms with E-state index in [0.717, 1.165) is 0 Å². The lowest BCUT2D eigenvalue weighted by atomic mass is 10.1. The van der Waals surface area contributed by atoms with Crippen molar-refractivity contribution in [2.75, 3.05) is 20.3 Å². The van der Waals surface area contributed by atoms with Crippen molar-refractivity contribution < 1.29 is 39.1 Å². The Morgan fingerprint density at radius 2 is 1.61 bits per heavy atom. The van der Waals surface area contributed by atoms with Gasteiger partial charge in [-0.1, -0.05) is 24.3 Å². The van der Waals surface area contributed by atoms with Crippen LogP contribution in [0.2, 0.25) is 0 Å². The van der Waals surface area contributed by atoms with E-state index >= 15 is 0 Å². The highest BCUT2D eigenvalue weighted by molar-refractivity contribution is 5.88. The van der Waals surface area contributed by atoms with Gasteiger partial charge in [-0.25, -0.2) is 9.59 Å². The number of aromatic hydroxyl groups is 1. The standard InChI is InChI=1S/C23H24O8/c1-29-21-12-17(2-7-18(21)13-24)6-10-22(27)30-15-20(14-25)31-23(28)11-5-16-3-8-19(26)9-4-16/h2-12,20,24-26H,13-15H2,1H3. The third-order valence-corrected chi connectivity index (χ3v) is 4.10. The van der Waals surface area contributed by atoms with Crippen molar-refractivity contribution in [1.82, 2.24) is 0 Å². The average Bonchev–Trinajstić information content (AvgIpc) is 2.79. The lowest BCUT2D eigenvalue weighted by Gasteiger charge is -2.13. The Kier molecular flexibility index (Phi) is 9.28. The van der Waals surface area contributed by atoms with Gasteiger partial charge in [-0.3, -0.25) is 0 Å². The number of hydrogen-bond donors (Lipinski definition) is 3. The highest BCUT2D eigenvalue weighted by atomic mass is 16.6. The van der Waals surface area contributed by atoms with Crippen molar-refractivity contribution in [3.05, 3.63) is 71.3 Å². The second-order valence-electron chi connectivity index (χ2n) is 6.36. The molecule has 2 aromatic rings. The van der Waals surface area contributed by atoms with Crippen LogP contribution in [0.3, 0.4) is 0 Å². The molecule has 0 saturated heterocycles. The minimum atomic E-state index is -1.02. The Morgan fingerprint density at radius 1 is 0.968 bits per heavy atom. The monoisotopic (exact) mass is 428 g/mol. The summed E-state index contributed by atoms with van der Waals surface area (Å²) in [6, 6.07) is 11.2. The third-order valence-electron chi connectivity index (χ3n) is 4.10. The van der Waals surface area contributed by atoms with Crippen molar-refractivity contribution in [2.24, 2.45) is 0 Å². The summed E-state index contributed by atoms with van der Waals surface area (Å²) in [5.41, 5.74) is 1.96. The van der Waals surface area contributed by atoms with Crippen molar-refractivity contribution >= 4 is 24.1 Å². The molecule has 0 heterocycles. The van der Waals surface area contributed by atoms with Crippen molar-refractivity contribution in [3.63, 3.8) is 0 Å². The second kappa shape index (κ2) is 12.2. The molecule has 1 unspecified atom stereocenters. The van der Waals surface area contributed by atoms with E-state index < -0.39 is 24.6 Å². The number of hydrogen-bond acceptors (Lipinski definition) is 8. The van der Waals surface area contributed by atoms with Gasteiger partial charge in [0.1, 0.15) is 18.1 Å². The van der Waals surface area contributed by atoms with Crippen LogP contribution in [0.5, 0.6) is 11.5 Å². The van der Waals surface area contributed by atoms with E-state index in [9.17, 15) is 24.9 Å². The largest absolute Gasteiger partial charge is 0.508 e. The number of benzene rings is 2. The molecule has 2 aromatic carbocycles. The molecule has 164 valence electrons. The number of methoxy groups -OCH3 is 1. The van der Waals surface area contributed by atoms with Gasteiger partial charge < -0.3 is 29.5 Å². The van der Waals surface area contributed by atoms with Crippen LogP contribution in [0.25, 0.3) is 12.2 Å². The number of carbonyl (C=O) groups excluding carboxylic acids is 2. The summed E-state index contributed by atoms with van der Waals surface area (Å²) >= 11 is 0. The van der Waals surface area contributed by atoms with Crippen molar-refractivity contribution in [3.8, 4) is 11.5 Å². The van der Waals surface area contributed by atoms with E-state index in [2.05, 4.69) is 0 Å². The minimum Gasteiger partial charge on any atom is -0.508 e. The zero-order chi connectivity index (χ0) is 22.6. The number of rotatable bonds is 10. The molecule has 0 fully saturated rings. The first kappa shape index (κ1) is 23.7. The Hall–Kier alpha value is -3.62. The van der Waals surface area contributed by atoms with E-state index in [-0.39, 0.29) is 19.0 Å². The Balaban J connectivity index is 1.84. The molecule has 0 spiro atoms. The molecular weight excluding hydrogens is 404 g/mol. The summed E-state index contributed by atoms with van der Waals surface area (Å²) in [5.74, 6) is -0.794. The Labute approximate surface area is 179 Å². The zero-order valence-electron chi connectivity index (χ0n) is 16.9. The van der Waals surface area contributed by atoms with Gasteiger partial charge in [0.25, 0.3) is 0 Å². The summed E-state index contributed by atoms with van der Waals surface area (Å²) in [5, 5.41) is 27.8. The number of ether oxygens (including phenoxy) is 3. The first-order valence-electron chi connectivity index (χ1n) is 9.36. The quantitative estimate of drug-likeness (QED) is 0.388. The van der Waals surface area contributed by atoms with Crippen LogP contribution in [0.4, 0.5) is 0 Å². The zero-order valence-corrected chi connectivity index (χ0v) is 16.9. The van der Waals surface area contributed by atoms with Crippen LogP contribution in [-0.4, -0.2) is 53.7 Å². The molecule has 8 nitrogen and oxygen atoms in total. The van der Waals surface area contributed by atoms with E-state index in [1.54, 1.807) is 30.3 Å². The molecule has 0 bridgehead atoms. The van der Waals surface area contributed by atoms with Crippen LogP contribution in [0, 0.1) is 0 Å². The topological polar surface area (TPSA) is 123 Å². The summed E-state index contributed by atoms with van der Waals surface area (Å²) in [4.78, 5) is 23.8. The van der Waals surface area contributed by atoms with Crippen LogP contribution in [0.1, 0.15) is 16.7 Å². The fourth-order valence-electron chi connectivity index (χ4n) is 2.46. The van der Waals surface area contributed by atoms with E-state index in [0.29, 0.717) is 22.4 Å². The number of phenols is 1. The molecule has 0 radical (unpaired) electrons. The van der Waals surface area contributed by atoms with Gasteiger partial charge in [-0.05, 0) is 41.5 Å². The Bertz CT molecular complexity index is 931. The van der Waals surface area contributed by atoms with Gasteiger partial charge in [-0.2, -0.15) is 0 Å². The number of carbonyl (C=O) groups is 2. The number of aliphatic hydroxyl groups is 2. The third kappa shape index (κ3) is 7.96. The molecule has 0 amide bonds. The smallest absolute Gasteiger partial charge is 0.331 e. The van der Waals surface area contributed by atoms with Gasteiger partial charge >= 0.3 is 11.9 Å². The van der Waals surface area contributed by atoms with Gasteiger partial charge in [0, 0.05) is 17.7 Å². The summed E-state index contributed by atoms with van der Waals surface area (Å²) in [6.45, 7) is -0.999. The van der Waals surface area contributed by atoms with Crippen LogP contribution in [0.15, 0.2) is 54.6 Å². The van der Waals surface area contributed by atoms with Gasteiger partial charge in [0.2, 0.25) is 0 Å². The van der Waals surface area contributed by atoms with Gasteiger partial charge in [0.05, 0.1) is 20.3 Å². The number of aliphatic hydroxyl groups excluding tert-OH is 2.